The van der Waals surface area contributed by atoms with Crippen LogP contribution in [-0.4, -0.2) is 8.80 Å². The van der Waals surface area contributed by atoms with Crippen molar-refractivity contribution in [1.29, 1.82) is 0 Å². The number of halogens is 3. The fourth-order valence-corrected chi connectivity index (χ4v) is 6.77. The Kier molecular flexibility index (Phi) is 7.24. The summed E-state index contributed by atoms with van der Waals surface area (Å²) in [6.45, 7) is 13.1. The Hall–Kier alpha value is -2.44. The van der Waals surface area contributed by atoms with E-state index >= 15 is 0 Å². The molecule has 189 valence electrons. The van der Waals surface area contributed by atoms with E-state index in [-0.39, 0.29) is 19.8 Å². The van der Waals surface area contributed by atoms with Crippen molar-refractivity contribution in [1.82, 2.24) is 0 Å². The summed E-state index contributed by atoms with van der Waals surface area (Å²) < 4.78 is 44.3. The zero-order valence-electron chi connectivity index (χ0n) is 22.1. The van der Waals surface area contributed by atoms with E-state index in [0.717, 1.165) is 39.5 Å². The molecule has 0 spiro atoms. The molecule has 0 N–H and O–H groups in total. The number of alkyl halides is 3. The number of nitrogens with zero attached hydrogens (tertiary/aromatic N) is 1. The van der Waals surface area contributed by atoms with Crippen LogP contribution in [0.3, 0.4) is 0 Å². The second-order valence-corrected chi connectivity index (χ2v) is 15.0. The lowest BCUT2D eigenvalue weighted by atomic mass is 9.80. The number of aromatic nitrogens is 1. The first-order valence-corrected chi connectivity index (χ1v) is 15.8. The van der Waals surface area contributed by atoms with E-state index in [0.29, 0.717) is 4.88 Å². The molecular formula is C30H34F3NSSi+. The Bertz CT molecular complexity index is 1410. The van der Waals surface area contributed by atoms with Crippen LogP contribution in [0.15, 0.2) is 54.7 Å². The van der Waals surface area contributed by atoms with Crippen LogP contribution in [0.1, 0.15) is 42.3 Å². The highest BCUT2D eigenvalue weighted by Crippen LogP contribution is 2.42. The van der Waals surface area contributed by atoms with Crippen LogP contribution in [0.2, 0.25) is 19.1 Å². The van der Waals surface area contributed by atoms with Gasteiger partial charge in [-0.3, -0.25) is 0 Å². The SMILES string of the molecule is Cc1c(-c2cc(-c3ccc(CC[Si](C)C)s3)c(C(F)(F)F)c[n+]2C)cc(C(C)(C)C)c2ccccc12. The summed E-state index contributed by atoms with van der Waals surface area (Å²) in [7, 11) is 1.33. The van der Waals surface area contributed by atoms with E-state index in [2.05, 4.69) is 59.0 Å². The molecule has 6 heteroatoms. The molecule has 36 heavy (non-hydrogen) atoms. The van der Waals surface area contributed by atoms with Gasteiger partial charge in [-0.15, -0.1) is 11.3 Å². The van der Waals surface area contributed by atoms with Gasteiger partial charge in [0.15, 0.2) is 6.20 Å². The smallest absolute Gasteiger partial charge is 0.200 e. The van der Waals surface area contributed by atoms with Crippen LogP contribution in [0, 0.1) is 6.92 Å². The number of hydrogen-bond acceptors (Lipinski definition) is 1. The molecule has 0 saturated carbocycles. The molecular weight excluding hydrogens is 491 g/mol. The highest BCUT2D eigenvalue weighted by molar-refractivity contribution is 7.15. The van der Waals surface area contributed by atoms with E-state index in [4.69, 9.17) is 0 Å². The standard InChI is InChI=1S/C30H34F3NSSi/c1-19-21-10-8-9-11-22(21)25(29(2,3)4)16-23(19)27-17-24(26(18-34(27)5)30(31,32)33)28-13-12-20(35-28)14-15-36(6)7/h8-13,16-18H,14-15H2,1-7H3/q+1. The van der Waals surface area contributed by atoms with Gasteiger partial charge in [0.2, 0.25) is 5.69 Å². The zero-order valence-corrected chi connectivity index (χ0v) is 23.9. The molecule has 0 amide bonds. The van der Waals surface area contributed by atoms with E-state index in [9.17, 15) is 13.2 Å². The number of fused-ring (bicyclic) bond motifs is 1. The molecule has 4 rings (SSSR count). The molecule has 2 aromatic carbocycles. The second-order valence-electron chi connectivity index (χ2n) is 11.0. The minimum atomic E-state index is -4.44. The summed E-state index contributed by atoms with van der Waals surface area (Å²) in [5, 5.41) is 2.33. The lowest BCUT2D eigenvalue weighted by Crippen LogP contribution is -2.33. The second kappa shape index (κ2) is 9.79. The molecule has 0 fully saturated rings. The lowest BCUT2D eigenvalue weighted by Gasteiger charge is -2.24. The fourth-order valence-electron chi connectivity index (χ4n) is 4.78. The summed E-state index contributed by atoms with van der Waals surface area (Å²) in [5.74, 6) is 0. The van der Waals surface area contributed by atoms with Gasteiger partial charge < -0.3 is 0 Å². The van der Waals surface area contributed by atoms with E-state index in [1.807, 2.05) is 24.3 Å². The van der Waals surface area contributed by atoms with Gasteiger partial charge in [-0.1, -0.05) is 64.2 Å². The molecule has 0 atom stereocenters. The fraction of sp³-hybridized carbons (Fsp3) is 0.367. The normalized spacial score (nSPS) is 12.6. The minimum Gasteiger partial charge on any atom is -0.200 e. The maximum absolute atomic E-state index is 14.2. The van der Waals surface area contributed by atoms with Gasteiger partial charge >= 0.3 is 6.18 Å². The molecule has 0 aliphatic carbocycles. The molecule has 0 aliphatic rings. The van der Waals surface area contributed by atoms with Crippen molar-refractivity contribution in [3.8, 4) is 21.7 Å². The van der Waals surface area contributed by atoms with Crippen molar-refractivity contribution < 1.29 is 17.7 Å². The Morgan fingerprint density at radius 3 is 2.17 bits per heavy atom. The van der Waals surface area contributed by atoms with Crippen molar-refractivity contribution in [3.05, 3.63) is 76.3 Å². The third-order valence-corrected chi connectivity index (χ3v) is 9.20. The first-order valence-electron chi connectivity index (χ1n) is 12.3. The number of rotatable bonds is 5. The van der Waals surface area contributed by atoms with E-state index < -0.39 is 11.7 Å². The van der Waals surface area contributed by atoms with Gasteiger partial charge in [0.25, 0.3) is 0 Å². The predicted molar refractivity (Wildman–Crippen MR) is 148 cm³/mol. The average molecular weight is 526 g/mol. The molecule has 0 bridgehead atoms. The molecule has 2 aromatic heterocycles. The number of thiophene rings is 1. The summed E-state index contributed by atoms with van der Waals surface area (Å²) >= 11 is 1.49. The number of pyridine rings is 1. The van der Waals surface area contributed by atoms with Gasteiger partial charge in [-0.05, 0) is 58.9 Å². The lowest BCUT2D eigenvalue weighted by molar-refractivity contribution is -0.661. The van der Waals surface area contributed by atoms with Gasteiger partial charge in [0, 0.05) is 35.7 Å². The van der Waals surface area contributed by atoms with Crippen LogP contribution in [-0.2, 0) is 25.1 Å². The van der Waals surface area contributed by atoms with Gasteiger partial charge in [0.1, 0.15) is 12.6 Å². The zero-order chi connectivity index (χ0) is 26.4. The number of benzene rings is 2. The highest BCUT2D eigenvalue weighted by atomic mass is 32.1. The monoisotopic (exact) mass is 525 g/mol. The Balaban J connectivity index is 1.96. The Labute approximate surface area is 218 Å². The van der Waals surface area contributed by atoms with Gasteiger partial charge in [-0.25, -0.2) is 4.57 Å². The van der Waals surface area contributed by atoms with Crippen LogP contribution >= 0.6 is 11.3 Å². The van der Waals surface area contributed by atoms with Crippen LogP contribution in [0.4, 0.5) is 13.2 Å². The topological polar surface area (TPSA) is 3.88 Å². The van der Waals surface area contributed by atoms with E-state index in [1.54, 1.807) is 17.7 Å². The maximum atomic E-state index is 14.2. The molecule has 0 unspecified atom stereocenters. The van der Waals surface area contributed by atoms with Crippen LogP contribution in [0.25, 0.3) is 32.5 Å². The third kappa shape index (κ3) is 5.30. The summed E-state index contributed by atoms with van der Waals surface area (Å²) in [5.41, 5.74) is 3.58. The summed E-state index contributed by atoms with van der Waals surface area (Å²) in [4.78, 5) is 1.82. The summed E-state index contributed by atoms with van der Waals surface area (Å²) in [6.07, 6.45) is -2.25. The predicted octanol–water partition coefficient (Wildman–Crippen LogP) is 8.98. The van der Waals surface area contributed by atoms with Crippen molar-refractivity contribution in [2.24, 2.45) is 7.05 Å². The quantitative estimate of drug-likeness (QED) is 0.181. The molecule has 2 heterocycles. The maximum Gasteiger partial charge on any atom is 0.422 e. The van der Waals surface area contributed by atoms with Crippen molar-refractivity contribution in [2.45, 2.75) is 64.8 Å². The Morgan fingerprint density at radius 2 is 1.56 bits per heavy atom. The van der Waals surface area contributed by atoms with Crippen molar-refractivity contribution in [3.63, 3.8) is 0 Å². The molecule has 4 aromatic rings. The van der Waals surface area contributed by atoms with E-state index in [1.165, 1.54) is 28.5 Å². The first-order chi connectivity index (χ1) is 16.8. The molecule has 1 radical (unpaired) electrons. The average Bonchev–Trinajstić information content (AvgIpc) is 3.26. The summed E-state index contributed by atoms with van der Waals surface area (Å²) in [6, 6.07) is 17.2. The Morgan fingerprint density at radius 1 is 0.889 bits per heavy atom. The largest absolute Gasteiger partial charge is 0.422 e. The highest BCUT2D eigenvalue weighted by Gasteiger charge is 2.38. The van der Waals surface area contributed by atoms with Gasteiger partial charge in [-0.2, -0.15) is 13.2 Å². The van der Waals surface area contributed by atoms with Crippen LogP contribution in [0.5, 0.6) is 0 Å². The number of hydrogen-bond donors (Lipinski definition) is 0. The molecule has 0 aliphatic heterocycles. The number of aryl methyl sites for hydroxylation is 3. The third-order valence-electron chi connectivity index (χ3n) is 6.78. The van der Waals surface area contributed by atoms with Gasteiger partial charge in [0.05, 0.1) is 0 Å². The van der Waals surface area contributed by atoms with Crippen molar-refractivity contribution in [2.75, 3.05) is 0 Å². The molecule has 1 nitrogen and oxygen atoms in total. The van der Waals surface area contributed by atoms with Crippen LogP contribution < -0.4 is 4.57 Å². The van der Waals surface area contributed by atoms with Crippen molar-refractivity contribution >= 4 is 30.9 Å². The minimum absolute atomic E-state index is 0.114. The molecule has 0 saturated heterocycles. The first kappa shape index (κ1) is 26.6.